The van der Waals surface area contributed by atoms with E-state index in [1.165, 1.54) is 97.2 Å². The first-order valence-electron chi connectivity index (χ1n) is 19.5. The lowest BCUT2D eigenvalue weighted by Crippen LogP contribution is -1.95. The van der Waals surface area contributed by atoms with Crippen molar-refractivity contribution in [3.8, 4) is 44.8 Å². The number of thiophene rings is 1. The molecule has 0 spiro atoms. The second-order valence-corrected chi connectivity index (χ2v) is 15.9. The molecule has 9 aromatic carbocycles. The zero-order valence-corrected chi connectivity index (χ0v) is 31.7. The smallest absolute Gasteiger partial charge is 0.0720 e. The van der Waals surface area contributed by atoms with Gasteiger partial charge in [-0.2, -0.15) is 0 Å². The number of para-hydroxylation sites is 2. The van der Waals surface area contributed by atoms with Crippen LogP contribution in [0.2, 0.25) is 0 Å². The van der Waals surface area contributed by atoms with Gasteiger partial charge in [-0.05, 0) is 94.0 Å². The zero-order chi connectivity index (χ0) is 37.5. The minimum absolute atomic E-state index is 1.16. The second-order valence-electron chi connectivity index (χ2n) is 14.9. The zero-order valence-electron chi connectivity index (χ0n) is 30.9. The lowest BCUT2D eigenvalue weighted by atomic mass is 9.95. The monoisotopic (exact) mass is 742 g/mol. The highest BCUT2D eigenvalue weighted by Gasteiger charge is 2.22. The number of hydrogen-bond donors (Lipinski definition) is 0. The molecular formula is C54H34N2S. The minimum atomic E-state index is 1.16. The normalized spacial score (nSPS) is 11.9. The molecule has 0 N–H and O–H groups in total. The molecule has 266 valence electrons. The van der Waals surface area contributed by atoms with Gasteiger partial charge in [-0.3, -0.25) is 0 Å². The Kier molecular flexibility index (Phi) is 7.13. The molecule has 3 aromatic heterocycles. The van der Waals surface area contributed by atoms with Crippen molar-refractivity contribution in [2.24, 2.45) is 0 Å². The number of hydrogen-bond acceptors (Lipinski definition) is 1. The fourth-order valence-corrected chi connectivity index (χ4v) is 10.4. The molecule has 0 atom stereocenters. The number of nitrogens with zero attached hydrogens (tertiary/aromatic N) is 2. The van der Waals surface area contributed by atoms with Gasteiger partial charge in [0.15, 0.2) is 0 Å². The standard InChI is InChI=1S/C54H34N2S/c1-3-14-35(15-4-1)37-26-29-40(30-27-37)56-49-24-11-8-21-43(49)47-34-45(52-44-22-9-12-25-51(44)57-54(52)53(47)56)39-28-31-50-46(33-39)42-20-7-10-23-48(42)55(50)41-19-13-18-38(32-41)36-16-5-2-6-17-36/h1-34H. The molecule has 0 bridgehead atoms. The molecule has 0 radical (unpaired) electrons. The van der Waals surface area contributed by atoms with Gasteiger partial charge in [0, 0.05) is 48.4 Å². The highest BCUT2D eigenvalue weighted by molar-refractivity contribution is 7.26. The minimum Gasteiger partial charge on any atom is -0.309 e. The summed E-state index contributed by atoms with van der Waals surface area (Å²) in [7, 11) is 0. The van der Waals surface area contributed by atoms with Crippen molar-refractivity contribution < 1.29 is 0 Å². The van der Waals surface area contributed by atoms with Crippen molar-refractivity contribution in [1.82, 2.24) is 9.13 Å². The molecule has 0 saturated heterocycles. The van der Waals surface area contributed by atoms with Crippen molar-refractivity contribution in [3.63, 3.8) is 0 Å². The van der Waals surface area contributed by atoms with Crippen LogP contribution in [-0.2, 0) is 0 Å². The predicted molar refractivity (Wildman–Crippen MR) is 244 cm³/mol. The summed E-state index contributed by atoms with van der Waals surface area (Å²) in [6.45, 7) is 0. The van der Waals surface area contributed by atoms with Crippen LogP contribution in [-0.4, -0.2) is 9.13 Å². The van der Waals surface area contributed by atoms with E-state index in [0.717, 1.165) is 11.4 Å². The molecule has 2 nitrogen and oxygen atoms in total. The van der Waals surface area contributed by atoms with E-state index in [1.54, 1.807) is 0 Å². The molecule has 0 amide bonds. The molecule has 3 heteroatoms. The van der Waals surface area contributed by atoms with Crippen LogP contribution in [0.15, 0.2) is 206 Å². The second kappa shape index (κ2) is 12.7. The molecule has 0 saturated carbocycles. The molecule has 3 heterocycles. The molecule has 0 aliphatic heterocycles. The Labute approximate surface area is 333 Å². The summed E-state index contributed by atoms with van der Waals surface area (Å²) < 4.78 is 7.53. The average molecular weight is 743 g/mol. The number of benzene rings is 9. The Morgan fingerprint density at radius 1 is 0.316 bits per heavy atom. The summed E-state index contributed by atoms with van der Waals surface area (Å²) in [5.74, 6) is 0. The Morgan fingerprint density at radius 3 is 1.63 bits per heavy atom. The molecule has 0 aliphatic carbocycles. The quantitative estimate of drug-likeness (QED) is 0.166. The molecule has 57 heavy (non-hydrogen) atoms. The summed E-state index contributed by atoms with van der Waals surface area (Å²) in [5.41, 5.74) is 14.6. The summed E-state index contributed by atoms with van der Waals surface area (Å²) in [6, 6.07) is 75.5. The van der Waals surface area contributed by atoms with E-state index in [1.807, 2.05) is 11.3 Å². The molecule has 12 aromatic rings. The Morgan fingerprint density at radius 2 is 0.877 bits per heavy atom. The predicted octanol–water partition coefficient (Wildman–Crippen LogP) is 15.2. The van der Waals surface area contributed by atoms with Crippen LogP contribution in [0.5, 0.6) is 0 Å². The third-order valence-corrected chi connectivity index (χ3v) is 12.9. The molecule has 12 rings (SSSR count). The number of rotatable bonds is 5. The van der Waals surface area contributed by atoms with Crippen LogP contribution in [0.1, 0.15) is 0 Å². The molecule has 0 aliphatic rings. The summed E-state index contributed by atoms with van der Waals surface area (Å²) >= 11 is 1.91. The first-order chi connectivity index (χ1) is 28.3. The van der Waals surface area contributed by atoms with E-state index in [2.05, 4.69) is 215 Å². The van der Waals surface area contributed by atoms with E-state index < -0.39 is 0 Å². The van der Waals surface area contributed by atoms with Crippen molar-refractivity contribution in [3.05, 3.63) is 206 Å². The van der Waals surface area contributed by atoms with Crippen molar-refractivity contribution in [2.75, 3.05) is 0 Å². The van der Waals surface area contributed by atoms with Gasteiger partial charge in [-0.25, -0.2) is 0 Å². The SMILES string of the molecule is c1ccc(-c2ccc(-n3c4ccccc4c4cc(-c5ccc6c(c5)c5ccccc5n6-c5cccc(-c6ccccc6)c5)c5c6ccccc6sc5c43)cc2)cc1. The van der Waals surface area contributed by atoms with Gasteiger partial charge < -0.3 is 9.13 Å². The Bertz CT molecular complexity index is 3490. The van der Waals surface area contributed by atoms with E-state index >= 15 is 0 Å². The van der Waals surface area contributed by atoms with Crippen molar-refractivity contribution >= 4 is 75.1 Å². The van der Waals surface area contributed by atoms with Gasteiger partial charge in [-0.15, -0.1) is 11.3 Å². The maximum absolute atomic E-state index is 2.49. The molecule has 0 fully saturated rings. The number of aromatic nitrogens is 2. The van der Waals surface area contributed by atoms with Gasteiger partial charge >= 0.3 is 0 Å². The topological polar surface area (TPSA) is 9.86 Å². The highest BCUT2D eigenvalue weighted by Crippen LogP contribution is 2.48. The van der Waals surface area contributed by atoms with Crippen LogP contribution < -0.4 is 0 Å². The fourth-order valence-electron chi connectivity index (χ4n) is 9.13. The van der Waals surface area contributed by atoms with Crippen LogP contribution in [0.4, 0.5) is 0 Å². The van der Waals surface area contributed by atoms with Gasteiger partial charge in [-0.1, -0.05) is 146 Å². The number of fused-ring (bicyclic) bond motifs is 10. The third kappa shape index (κ3) is 4.96. The first kappa shape index (κ1) is 32.1. The van der Waals surface area contributed by atoms with E-state index in [-0.39, 0.29) is 0 Å². The van der Waals surface area contributed by atoms with Gasteiger partial charge in [0.25, 0.3) is 0 Å². The van der Waals surface area contributed by atoms with Gasteiger partial charge in [0.2, 0.25) is 0 Å². The van der Waals surface area contributed by atoms with Crippen molar-refractivity contribution in [1.29, 1.82) is 0 Å². The fraction of sp³-hybridized carbons (Fsp3) is 0. The Hall–Kier alpha value is -7.20. The van der Waals surface area contributed by atoms with Crippen LogP contribution in [0, 0.1) is 0 Å². The van der Waals surface area contributed by atoms with Crippen molar-refractivity contribution in [2.45, 2.75) is 0 Å². The molecule has 0 unspecified atom stereocenters. The van der Waals surface area contributed by atoms with E-state index in [0.29, 0.717) is 0 Å². The highest BCUT2D eigenvalue weighted by atomic mass is 32.1. The van der Waals surface area contributed by atoms with E-state index in [4.69, 9.17) is 0 Å². The van der Waals surface area contributed by atoms with Crippen LogP contribution in [0.3, 0.4) is 0 Å². The van der Waals surface area contributed by atoms with Crippen LogP contribution >= 0.6 is 11.3 Å². The summed E-state index contributed by atoms with van der Waals surface area (Å²) in [6.07, 6.45) is 0. The largest absolute Gasteiger partial charge is 0.309 e. The lowest BCUT2D eigenvalue weighted by molar-refractivity contribution is 1.18. The third-order valence-electron chi connectivity index (χ3n) is 11.7. The van der Waals surface area contributed by atoms with Crippen LogP contribution in [0.25, 0.3) is 109 Å². The average Bonchev–Trinajstić information content (AvgIpc) is 3.95. The van der Waals surface area contributed by atoms with Gasteiger partial charge in [0.05, 0.1) is 26.8 Å². The van der Waals surface area contributed by atoms with E-state index in [9.17, 15) is 0 Å². The first-order valence-corrected chi connectivity index (χ1v) is 20.3. The maximum atomic E-state index is 2.49. The van der Waals surface area contributed by atoms with Gasteiger partial charge in [0.1, 0.15) is 0 Å². The summed E-state index contributed by atoms with van der Waals surface area (Å²) in [4.78, 5) is 0. The summed E-state index contributed by atoms with van der Waals surface area (Å²) in [5, 5.41) is 7.64. The lowest BCUT2D eigenvalue weighted by Gasteiger charge is -2.12. The Balaban J connectivity index is 1.11. The maximum Gasteiger partial charge on any atom is 0.0720 e. The molecular weight excluding hydrogens is 709 g/mol.